The van der Waals surface area contributed by atoms with E-state index in [2.05, 4.69) is 47.2 Å². The number of thioether (sulfide) groups is 1. The van der Waals surface area contributed by atoms with Crippen LogP contribution in [0.5, 0.6) is 0 Å². The molecule has 1 saturated heterocycles. The Morgan fingerprint density at radius 3 is 2.67 bits per heavy atom. The lowest BCUT2D eigenvalue weighted by atomic mass is 9.96. The Hall–Kier alpha value is -2.07. The fourth-order valence-corrected chi connectivity index (χ4v) is 4.67. The summed E-state index contributed by atoms with van der Waals surface area (Å²) >= 11 is 1.67. The Morgan fingerprint density at radius 1 is 1.15 bits per heavy atom. The van der Waals surface area contributed by atoms with Crippen molar-refractivity contribution in [1.29, 1.82) is 5.26 Å². The van der Waals surface area contributed by atoms with E-state index in [-0.39, 0.29) is 0 Å². The van der Waals surface area contributed by atoms with Gasteiger partial charge in [-0.1, -0.05) is 30.3 Å². The van der Waals surface area contributed by atoms with E-state index in [1.165, 1.54) is 16.7 Å². The minimum atomic E-state index is 0.735. The third kappa shape index (κ3) is 3.96. The van der Waals surface area contributed by atoms with Gasteiger partial charge in [-0.05, 0) is 24.6 Å². The summed E-state index contributed by atoms with van der Waals surface area (Å²) < 4.78 is 5.53. The number of aromatic nitrogens is 1. The van der Waals surface area contributed by atoms with Crippen LogP contribution >= 0.6 is 11.8 Å². The molecule has 3 heterocycles. The second kappa shape index (κ2) is 8.30. The first-order valence-corrected chi connectivity index (χ1v) is 10.4. The van der Waals surface area contributed by atoms with Crippen molar-refractivity contribution < 1.29 is 4.74 Å². The Labute approximate surface area is 164 Å². The van der Waals surface area contributed by atoms with Gasteiger partial charge in [0, 0.05) is 37.5 Å². The average Bonchev–Trinajstić information content (AvgIpc) is 2.72. The van der Waals surface area contributed by atoms with Gasteiger partial charge in [-0.2, -0.15) is 5.26 Å². The maximum atomic E-state index is 9.89. The molecule has 0 radical (unpaired) electrons. The molecular formula is C21H24N4OS. The molecular weight excluding hydrogens is 356 g/mol. The van der Waals surface area contributed by atoms with Crippen LogP contribution in [-0.4, -0.2) is 49.8 Å². The predicted molar refractivity (Wildman–Crippen MR) is 108 cm³/mol. The summed E-state index contributed by atoms with van der Waals surface area (Å²) in [4.78, 5) is 9.65. The Balaban J connectivity index is 1.72. The molecule has 1 fully saturated rings. The van der Waals surface area contributed by atoms with Crippen molar-refractivity contribution in [2.75, 3.05) is 44.8 Å². The van der Waals surface area contributed by atoms with E-state index >= 15 is 0 Å². The van der Waals surface area contributed by atoms with Crippen LogP contribution in [0.25, 0.3) is 0 Å². The molecule has 1 aromatic heterocycles. The summed E-state index contributed by atoms with van der Waals surface area (Å²) in [6.45, 7) is 5.03. The second-order valence-electron chi connectivity index (χ2n) is 7.05. The van der Waals surface area contributed by atoms with Crippen LogP contribution in [0.3, 0.4) is 0 Å². The first kappa shape index (κ1) is 18.3. The lowest BCUT2D eigenvalue weighted by Crippen LogP contribution is -2.39. The van der Waals surface area contributed by atoms with E-state index in [1.807, 2.05) is 6.07 Å². The number of pyridine rings is 1. The standard InChI is InChI=1S/C21H24N4OS/c1-24-8-7-17-18(13-22)21(27-15-16-5-3-2-4-6-16)23-20(19(17)14-24)25-9-11-26-12-10-25/h2-6H,7-12,14-15H2,1H3. The summed E-state index contributed by atoms with van der Waals surface area (Å²) in [6.07, 6.45) is 0.910. The predicted octanol–water partition coefficient (Wildman–Crippen LogP) is 3.07. The number of morpholine rings is 1. The number of hydrogen-bond donors (Lipinski definition) is 0. The topological polar surface area (TPSA) is 52.4 Å². The molecule has 2 aliphatic rings. The van der Waals surface area contributed by atoms with Crippen molar-refractivity contribution in [1.82, 2.24) is 9.88 Å². The Bertz CT molecular complexity index is 843. The van der Waals surface area contributed by atoms with E-state index in [9.17, 15) is 5.26 Å². The summed E-state index contributed by atoms with van der Waals surface area (Å²) in [7, 11) is 2.14. The van der Waals surface area contributed by atoms with E-state index in [1.54, 1.807) is 11.8 Å². The van der Waals surface area contributed by atoms with Gasteiger partial charge >= 0.3 is 0 Å². The van der Waals surface area contributed by atoms with Gasteiger partial charge in [0.2, 0.25) is 0 Å². The first-order valence-electron chi connectivity index (χ1n) is 9.40. The minimum absolute atomic E-state index is 0.735. The number of anilines is 1. The van der Waals surface area contributed by atoms with E-state index < -0.39 is 0 Å². The number of nitriles is 1. The molecule has 4 rings (SSSR count). The van der Waals surface area contributed by atoms with Crippen molar-refractivity contribution in [2.45, 2.75) is 23.7 Å². The molecule has 0 unspecified atom stereocenters. The molecule has 27 heavy (non-hydrogen) atoms. The van der Waals surface area contributed by atoms with Crippen LogP contribution in [0.1, 0.15) is 22.3 Å². The number of rotatable bonds is 4. The van der Waals surface area contributed by atoms with Crippen molar-refractivity contribution in [3.05, 3.63) is 52.6 Å². The molecule has 6 heteroatoms. The number of hydrogen-bond acceptors (Lipinski definition) is 6. The smallest absolute Gasteiger partial charge is 0.134 e. The summed E-state index contributed by atoms with van der Waals surface area (Å²) in [5.74, 6) is 1.87. The minimum Gasteiger partial charge on any atom is -0.378 e. The molecule has 0 amide bonds. The molecule has 2 aromatic rings. The van der Waals surface area contributed by atoms with Crippen molar-refractivity contribution in [3.63, 3.8) is 0 Å². The SMILES string of the molecule is CN1CCc2c(C#N)c(SCc3ccccc3)nc(N3CCOCC3)c2C1. The number of fused-ring (bicyclic) bond motifs is 1. The van der Waals surface area contributed by atoms with Gasteiger partial charge in [0.15, 0.2) is 0 Å². The largest absolute Gasteiger partial charge is 0.378 e. The first-order chi connectivity index (χ1) is 13.3. The van der Waals surface area contributed by atoms with Crippen LogP contribution in [0.4, 0.5) is 5.82 Å². The highest BCUT2D eigenvalue weighted by Crippen LogP contribution is 2.36. The maximum Gasteiger partial charge on any atom is 0.134 e. The highest BCUT2D eigenvalue weighted by atomic mass is 32.2. The highest BCUT2D eigenvalue weighted by Gasteiger charge is 2.27. The molecule has 1 aromatic carbocycles. The van der Waals surface area contributed by atoms with Gasteiger partial charge < -0.3 is 14.5 Å². The summed E-state index contributed by atoms with van der Waals surface area (Å²) in [5.41, 5.74) is 4.45. The molecule has 0 saturated carbocycles. The lowest BCUT2D eigenvalue weighted by molar-refractivity contribution is 0.122. The molecule has 0 spiro atoms. The summed E-state index contributed by atoms with van der Waals surface area (Å²) in [5, 5.41) is 10.8. The molecule has 5 nitrogen and oxygen atoms in total. The van der Waals surface area contributed by atoms with Gasteiger partial charge in [-0.15, -0.1) is 11.8 Å². The van der Waals surface area contributed by atoms with E-state index in [0.29, 0.717) is 0 Å². The zero-order valence-corrected chi connectivity index (χ0v) is 16.5. The van der Waals surface area contributed by atoms with Gasteiger partial charge in [0.1, 0.15) is 16.9 Å². The van der Waals surface area contributed by atoms with Gasteiger partial charge in [0.05, 0.1) is 18.8 Å². The molecule has 0 aliphatic carbocycles. The number of likely N-dealkylation sites (N-methyl/N-ethyl adjacent to an activating group) is 1. The van der Waals surface area contributed by atoms with Crippen LogP contribution in [0.2, 0.25) is 0 Å². The Morgan fingerprint density at radius 2 is 1.93 bits per heavy atom. The van der Waals surface area contributed by atoms with E-state index in [0.717, 1.165) is 68.0 Å². The average molecular weight is 381 g/mol. The van der Waals surface area contributed by atoms with Crippen molar-refractivity contribution in [3.8, 4) is 6.07 Å². The molecule has 140 valence electrons. The number of nitrogens with zero attached hydrogens (tertiary/aromatic N) is 4. The molecule has 0 N–H and O–H groups in total. The van der Waals surface area contributed by atoms with Gasteiger partial charge in [0.25, 0.3) is 0 Å². The van der Waals surface area contributed by atoms with Crippen LogP contribution in [0, 0.1) is 11.3 Å². The van der Waals surface area contributed by atoms with Crippen LogP contribution in [-0.2, 0) is 23.5 Å². The second-order valence-corrected chi connectivity index (χ2v) is 8.01. The third-order valence-electron chi connectivity index (χ3n) is 5.17. The van der Waals surface area contributed by atoms with Crippen LogP contribution < -0.4 is 4.90 Å². The fourth-order valence-electron chi connectivity index (χ4n) is 3.71. The quantitative estimate of drug-likeness (QED) is 0.760. The van der Waals surface area contributed by atoms with E-state index in [4.69, 9.17) is 9.72 Å². The Kier molecular flexibility index (Phi) is 5.63. The lowest BCUT2D eigenvalue weighted by Gasteiger charge is -2.34. The number of benzene rings is 1. The van der Waals surface area contributed by atoms with Gasteiger partial charge in [-0.3, -0.25) is 0 Å². The normalized spacial score (nSPS) is 17.4. The highest BCUT2D eigenvalue weighted by molar-refractivity contribution is 7.98. The molecule has 2 aliphatic heterocycles. The molecule has 0 bridgehead atoms. The van der Waals surface area contributed by atoms with Crippen molar-refractivity contribution in [2.24, 2.45) is 0 Å². The zero-order valence-electron chi connectivity index (χ0n) is 15.6. The van der Waals surface area contributed by atoms with Gasteiger partial charge in [-0.25, -0.2) is 4.98 Å². The van der Waals surface area contributed by atoms with Crippen molar-refractivity contribution >= 4 is 17.6 Å². The summed E-state index contributed by atoms with van der Waals surface area (Å²) in [6, 6.07) is 12.8. The zero-order chi connectivity index (χ0) is 18.6. The third-order valence-corrected chi connectivity index (χ3v) is 6.22. The number of ether oxygens (including phenoxy) is 1. The maximum absolute atomic E-state index is 9.89. The van der Waals surface area contributed by atoms with Crippen LogP contribution in [0.15, 0.2) is 35.4 Å². The molecule has 0 atom stereocenters. The monoisotopic (exact) mass is 380 g/mol. The fraction of sp³-hybridized carbons (Fsp3) is 0.429.